The third-order valence-electron chi connectivity index (χ3n) is 18.4. The molecule has 0 saturated heterocycles. The van der Waals surface area contributed by atoms with Crippen molar-refractivity contribution in [2.75, 3.05) is 0 Å². The van der Waals surface area contributed by atoms with Crippen LogP contribution in [0.5, 0.6) is 0 Å². The van der Waals surface area contributed by atoms with Crippen molar-refractivity contribution in [2.24, 2.45) is 0 Å². The molecule has 0 unspecified atom stereocenters. The van der Waals surface area contributed by atoms with Gasteiger partial charge >= 0.3 is 0 Å². The minimum absolute atomic E-state index is 0.110. The van der Waals surface area contributed by atoms with E-state index in [9.17, 15) is 0 Å². The van der Waals surface area contributed by atoms with Crippen molar-refractivity contribution in [3.05, 3.63) is 262 Å². The van der Waals surface area contributed by atoms with E-state index in [-0.39, 0.29) is 43.1 Å². The van der Waals surface area contributed by atoms with E-state index >= 15 is 87.8 Å². The van der Waals surface area contributed by atoms with Gasteiger partial charge in [-0.1, -0.05) is 97.1 Å². The van der Waals surface area contributed by atoms with Crippen molar-refractivity contribution in [2.45, 2.75) is 0 Å². The summed E-state index contributed by atoms with van der Waals surface area (Å²) in [6, 6.07) is 32.2. The van der Waals surface area contributed by atoms with Crippen LogP contribution in [0.3, 0.4) is 0 Å². The molecule has 2 aromatic heterocycles. The number of H-pyrrole nitrogens is 2. The van der Waals surface area contributed by atoms with Gasteiger partial charge in [0.25, 0.3) is 0 Å². The van der Waals surface area contributed by atoms with Gasteiger partial charge in [-0.25, -0.2) is 97.8 Å². The lowest BCUT2D eigenvalue weighted by atomic mass is 9.90. The molecule has 12 aromatic carbocycles. The van der Waals surface area contributed by atoms with Gasteiger partial charge in [-0.15, -0.1) is 0 Å². The topological polar surface area (TPSA) is 57.4 Å². The zero-order valence-electron chi connectivity index (χ0n) is 49.3. The molecule has 17 rings (SSSR count). The fraction of sp³-hybridized carbons (Fsp3) is 0. The maximum absolute atomic E-state index is 17.7. The molecular formula is C76H26F20N4. The molecule has 0 fully saturated rings. The summed E-state index contributed by atoms with van der Waals surface area (Å²) in [6.07, 6.45) is 0. The number of nitrogens with one attached hydrogen (secondary N) is 2. The number of aromatic amines is 2. The highest BCUT2D eigenvalue weighted by atomic mass is 19.2. The first-order valence-corrected chi connectivity index (χ1v) is 29.6. The van der Waals surface area contributed by atoms with Crippen LogP contribution < -0.4 is 0 Å². The average Bonchev–Trinajstić information content (AvgIpc) is 1.54. The lowest BCUT2D eigenvalue weighted by molar-refractivity contribution is 0.381. The number of nitrogens with zero attached hydrogens (tertiary/aromatic N) is 2. The standard InChI is InChI=1S/C76H26F20N4/c77-49-41(50(78)58(86)65(93)57(49)85)45-69-33-17-25-9-1-2-10-26(25)18-34(33)70(97-69)46(42-51(79)59(87)66(94)60(88)52(42)80)72-37-21-29-13-5-6-14-30(29)22-38(37)74(99-72)48(44-55(83)63(91)68(96)64(92)56(44)84)76-40-24-32-16-8-7-15-31(32)23-39(40)75(100-76)47(43-53(81)61(89)67(95)62(90)54(43)82)73-36-20-28-12-4-3-11-27(28)19-35(36)71(45)98-73/h1-24,97,100H. The molecule has 2 N–H and O–H groups in total. The molecule has 2 aliphatic heterocycles. The molecule has 100 heavy (non-hydrogen) atoms. The molecule has 24 heteroatoms. The van der Waals surface area contributed by atoms with Gasteiger partial charge in [0.05, 0.1) is 67.1 Å². The molecule has 3 aliphatic rings. The van der Waals surface area contributed by atoms with Crippen LogP contribution in [0.2, 0.25) is 0 Å². The Morgan fingerprint density at radius 2 is 0.330 bits per heavy atom. The van der Waals surface area contributed by atoms with Crippen molar-refractivity contribution >= 4 is 86.7 Å². The first-order chi connectivity index (χ1) is 47.9. The lowest BCUT2D eigenvalue weighted by Crippen LogP contribution is -2.05. The Hall–Kier alpha value is -12.1. The molecule has 0 saturated carbocycles. The molecule has 1 aliphatic carbocycles. The number of halogens is 20. The van der Waals surface area contributed by atoms with E-state index in [1.807, 2.05) is 0 Å². The van der Waals surface area contributed by atoms with E-state index < -0.39 is 249 Å². The van der Waals surface area contributed by atoms with Gasteiger partial charge in [-0.05, 0) is 91.6 Å². The van der Waals surface area contributed by atoms with Crippen LogP contribution in [-0.4, -0.2) is 19.9 Å². The molecular weight excluding hydrogens is 1350 g/mol. The van der Waals surface area contributed by atoms with Crippen molar-refractivity contribution in [3.63, 3.8) is 0 Å². The average molecular weight is 1380 g/mol. The lowest BCUT2D eigenvalue weighted by Gasteiger charge is -2.13. The van der Waals surface area contributed by atoms with Crippen LogP contribution in [-0.2, 0) is 0 Å². The number of hydrogen-bond acceptors (Lipinski definition) is 2. The summed E-state index contributed by atoms with van der Waals surface area (Å²) in [5, 5.41) is -1.20. The highest BCUT2D eigenvalue weighted by molar-refractivity contribution is 6.25. The predicted molar refractivity (Wildman–Crippen MR) is 336 cm³/mol. The number of hydrogen-bond donors (Lipinski definition) is 2. The fourth-order valence-corrected chi connectivity index (χ4v) is 13.9. The third-order valence-corrected chi connectivity index (χ3v) is 18.4. The summed E-state index contributed by atoms with van der Waals surface area (Å²) in [4.78, 5) is 15.0. The van der Waals surface area contributed by atoms with E-state index in [0.29, 0.717) is 0 Å². The van der Waals surface area contributed by atoms with Gasteiger partial charge in [0.15, 0.2) is 93.1 Å². The van der Waals surface area contributed by atoms with Crippen molar-refractivity contribution in [3.8, 4) is 89.5 Å². The van der Waals surface area contributed by atoms with Gasteiger partial charge in [0, 0.05) is 66.1 Å². The van der Waals surface area contributed by atoms with E-state index in [0.717, 1.165) is 24.3 Å². The fourth-order valence-electron chi connectivity index (χ4n) is 13.9. The van der Waals surface area contributed by atoms with Crippen molar-refractivity contribution in [1.29, 1.82) is 0 Å². The van der Waals surface area contributed by atoms with E-state index in [1.54, 1.807) is 0 Å². The summed E-state index contributed by atoms with van der Waals surface area (Å²) >= 11 is 0. The highest BCUT2D eigenvalue weighted by Crippen LogP contribution is 2.56. The monoisotopic (exact) mass is 1370 g/mol. The second-order valence-electron chi connectivity index (χ2n) is 23.6. The van der Waals surface area contributed by atoms with Gasteiger partial charge in [0.1, 0.15) is 0 Å². The summed E-state index contributed by atoms with van der Waals surface area (Å²) in [7, 11) is 0. The summed E-state index contributed by atoms with van der Waals surface area (Å²) < 4.78 is 336. The molecule has 4 heterocycles. The first-order valence-electron chi connectivity index (χ1n) is 29.6. The second-order valence-corrected chi connectivity index (χ2v) is 23.6. The molecule has 0 atom stereocenters. The molecule has 8 bridgehead atoms. The SMILES string of the molecule is Fc1c(F)c(F)c(-c2c3nc(c(-c4c(F)c(F)c(F)c(F)c4F)c4[nH]c(c(-c5c(F)c(F)c(F)c(F)c5F)c5nc(c(-c6c(F)c(F)c(F)c(F)c6F)c6[nH]c2c2cc7ccccc7cc62)-c2cc6ccccc6cc2-5)c2cc5ccccc5cc42)-c2cc4ccccc4cc2-3)c(F)c1F. The van der Waals surface area contributed by atoms with E-state index in [1.165, 1.54) is 121 Å². The van der Waals surface area contributed by atoms with Gasteiger partial charge in [0.2, 0.25) is 23.3 Å². The van der Waals surface area contributed by atoms with E-state index in [4.69, 9.17) is 9.97 Å². The van der Waals surface area contributed by atoms with Crippen LogP contribution in [0.1, 0.15) is 0 Å². The minimum Gasteiger partial charge on any atom is -0.353 e. The maximum atomic E-state index is 17.7. The van der Waals surface area contributed by atoms with E-state index in [2.05, 4.69) is 9.97 Å². The zero-order chi connectivity index (χ0) is 69.8. The Morgan fingerprint density at radius 3 is 0.500 bits per heavy atom. The Labute approximate surface area is 543 Å². The highest BCUT2D eigenvalue weighted by Gasteiger charge is 2.40. The second kappa shape index (κ2) is 21.7. The Kier molecular flexibility index (Phi) is 13.4. The molecule has 0 amide bonds. The minimum atomic E-state index is -2.74. The Bertz CT molecular complexity index is 5670. The summed E-state index contributed by atoms with van der Waals surface area (Å²) in [6.45, 7) is 0. The maximum Gasteiger partial charge on any atom is 0.200 e. The third kappa shape index (κ3) is 8.38. The van der Waals surface area contributed by atoms with Gasteiger partial charge in [-0.3, -0.25) is 0 Å². The summed E-state index contributed by atoms with van der Waals surface area (Å²) in [5.41, 5.74) is -22.9. The van der Waals surface area contributed by atoms with Crippen LogP contribution in [0.25, 0.3) is 176 Å². The molecule has 490 valence electrons. The van der Waals surface area contributed by atoms with Crippen LogP contribution in [0.4, 0.5) is 87.8 Å². The number of rotatable bonds is 4. The van der Waals surface area contributed by atoms with Gasteiger partial charge < -0.3 is 9.97 Å². The quantitative estimate of drug-likeness (QED) is 0.105. The van der Waals surface area contributed by atoms with Crippen molar-refractivity contribution < 1.29 is 87.8 Å². The number of fused-ring (bicyclic) bond motifs is 4. The van der Waals surface area contributed by atoms with Gasteiger partial charge in [-0.2, -0.15) is 0 Å². The smallest absolute Gasteiger partial charge is 0.200 e. The Balaban J connectivity index is 1.30. The largest absolute Gasteiger partial charge is 0.353 e. The Morgan fingerprint density at radius 1 is 0.180 bits per heavy atom. The normalized spacial score (nSPS) is 12.2. The predicted octanol–water partition coefficient (Wildman–Crippen LogP) is 23.4. The van der Waals surface area contributed by atoms with Crippen LogP contribution >= 0.6 is 0 Å². The molecule has 4 nitrogen and oxygen atoms in total. The molecule has 0 spiro atoms. The molecule has 0 radical (unpaired) electrons. The number of benzene rings is 12. The molecule has 14 aromatic rings. The first kappa shape index (κ1) is 61.5. The van der Waals surface area contributed by atoms with Crippen LogP contribution in [0.15, 0.2) is 146 Å². The van der Waals surface area contributed by atoms with Crippen LogP contribution in [0, 0.1) is 116 Å². The zero-order valence-corrected chi connectivity index (χ0v) is 49.3. The van der Waals surface area contributed by atoms with Crippen molar-refractivity contribution in [1.82, 2.24) is 19.9 Å². The number of aromatic nitrogens is 4. The summed E-state index contributed by atoms with van der Waals surface area (Å²) in [5.74, 6) is -53.3.